The number of rotatable bonds is 7. The lowest BCUT2D eigenvalue weighted by Crippen LogP contribution is -2.14. The van der Waals surface area contributed by atoms with Crippen molar-refractivity contribution in [3.63, 3.8) is 0 Å². The van der Waals surface area contributed by atoms with Crippen molar-refractivity contribution < 1.29 is 9.53 Å². The number of hydrogen-bond donors (Lipinski definition) is 2. The molecule has 1 fully saturated rings. The number of amides is 1. The first-order valence-corrected chi connectivity index (χ1v) is 10.5. The predicted octanol–water partition coefficient (Wildman–Crippen LogP) is 4.11. The van der Waals surface area contributed by atoms with Crippen LogP contribution in [0.1, 0.15) is 31.0 Å². The summed E-state index contributed by atoms with van der Waals surface area (Å²) in [5.74, 6) is 1.15. The molecule has 0 bridgehead atoms. The summed E-state index contributed by atoms with van der Waals surface area (Å²) in [7, 11) is 0. The molecule has 8 nitrogen and oxygen atoms in total. The summed E-state index contributed by atoms with van der Waals surface area (Å²) in [6, 6.07) is 17.2. The Hall–Kier alpha value is -4.07. The molecule has 2 N–H and O–H groups in total. The maximum Gasteiger partial charge on any atom is 0.249 e. The monoisotopic (exact) mass is 426 g/mol. The van der Waals surface area contributed by atoms with Crippen molar-refractivity contribution >= 4 is 23.2 Å². The van der Waals surface area contributed by atoms with Crippen LogP contribution in [0, 0.1) is 11.3 Å². The quantitative estimate of drug-likeness (QED) is 0.433. The fourth-order valence-corrected chi connectivity index (χ4v) is 3.35. The van der Waals surface area contributed by atoms with Gasteiger partial charge in [0.15, 0.2) is 5.65 Å². The average molecular weight is 426 g/mol. The third-order valence-electron chi connectivity index (χ3n) is 5.31. The van der Waals surface area contributed by atoms with E-state index in [1.807, 2.05) is 54.6 Å². The van der Waals surface area contributed by atoms with Gasteiger partial charge in [-0.3, -0.25) is 15.1 Å². The fraction of sp³-hybridized carbons (Fsp3) is 0.208. The second-order valence-electron chi connectivity index (χ2n) is 7.87. The van der Waals surface area contributed by atoms with Gasteiger partial charge < -0.3 is 10.1 Å². The predicted molar refractivity (Wildman–Crippen MR) is 121 cm³/mol. The summed E-state index contributed by atoms with van der Waals surface area (Å²) in [6.45, 7) is 2.11. The van der Waals surface area contributed by atoms with Crippen LogP contribution >= 0.6 is 0 Å². The first-order chi connectivity index (χ1) is 15.6. The van der Waals surface area contributed by atoms with Gasteiger partial charge in [0.2, 0.25) is 11.9 Å². The van der Waals surface area contributed by atoms with Gasteiger partial charge in [-0.15, -0.1) is 5.10 Å². The minimum Gasteiger partial charge on any atom is -0.489 e. The molecule has 0 unspecified atom stereocenters. The van der Waals surface area contributed by atoms with E-state index in [4.69, 9.17) is 10.1 Å². The van der Waals surface area contributed by atoms with E-state index in [9.17, 15) is 4.79 Å². The number of carbonyl (C=O) groups is 1. The number of aromatic nitrogens is 4. The summed E-state index contributed by atoms with van der Waals surface area (Å²) in [6.07, 6.45) is 3.60. The van der Waals surface area contributed by atoms with Gasteiger partial charge in [-0.2, -0.15) is 4.98 Å². The molecule has 0 spiro atoms. The van der Waals surface area contributed by atoms with Gasteiger partial charge in [0.25, 0.3) is 0 Å². The molecule has 5 rings (SSSR count). The van der Waals surface area contributed by atoms with Gasteiger partial charge in [0.1, 0.15) is 12.4 Å². The van der Waals surface area contributed by atoms with E-state index in [0.29, 0.717) is 29.6 Å². The second-order valence-corrected chi connectivity index (χ2v) is 7.87. The maximum atomic E-state index is 12.0. The maximum absolute atomic E-state index is 12.0. The van der Waals surface area contributed by atoms with Crippen molar-refractivity contribution in [3.05, 3.63) is 72.1 Å². The van der Waals surface area contributed by atoms with Gasteiger partial charge in [0, 0.05) is 23.2 Å². The second kappa shape index (κ2) is 8.22. The fourth-order valence-electron chi connectivity index (χ4n) is 3.35. The molecule has 1 amide bonds. The number of fused-ring (bicyclic) bond motifs is 1. The number of nitrogens with one attached hydrogen (secondary N) is 2. The minimum atomic E-state index is -0.0123. The minimum absolute atomic E-state index is 0.0123. The number of hydrogen-bond acceptors (Lipinski definition) is 6. The Morgan fingerprint density at radius 3 is 2.66 bits per heavy atom. The van der Waals surface area contributed by atoms with E-state index in [1.165, 1.54) is 0 Å². The molecular weight excluding hydrogens is 404 g/mol. The third kappa shape index (κ3) is 4.20. The van der Waals surface area contributed by atoms with Crippen LogP contribution in [0.3, 0.4) is 0 Å². The van der Waals surface area contributed by atoms with Crippen LogP contribution in [0.4, 0.5) is 5.95 Å². The summed E-state index contributed by atoms with van der Waals surface area (Å²) in [5, 5.41) is 14.9. The van der Waals surface area contributed by atoms with E-state index in [1.54, 1.807) is 17.6 Å². The number of benzene rings is 1. The SMILES string of the molecule is CC(=N)c1ccc(COc2ccc(-c3cccc4nc(NC(=O)C5CC5)nn34)cc2)cn1. The zero-order valence-corrected chi connectivity index (χ0v) is 17.6. The Morgan fingerprint density at radius 2 is 1.97 bits per heavy atom. The van der Waals surface area contributed by atoms with Crippen molar-refractivity contribution in [3.8, 4) is 17.0 Å². The van der Waals surface area contributed by atoms with Crippen LogP contribution in [0.2, 0.25) is 0 Å². The molecule has 3 aromatic heterocycles. The van der Waals surface area contributed by atoms with Crippen LogP contribution in [-0.2, 0) is 11.4 Å². The van der Waals surface area contributed by atoms with Crippen molar-refractivity contribution in [1.82, 2.24) is 19.6 Å². The molecule has 4 aromatic rings. The molecule has 1 aliphatic carbocycles. The molecule has 1 aromatic carbocycles. The smallest absolute Gasteiger partial charge is 0.249 e. The van der Waals surface area contributed by atoms with Crippen LogP contribution in [-0.4, -0.2) is 31.2 Å². The lowest BCUT2D eigenvalue weighted by Gasteiger charge is -2.08. The first-order valence-electron chi connectivity index (χ1n) is 10.5. The number of pyridine rings is 2. The largest absolute Gasteiger partial charge is 0.489 e. The van der Waals surface area contributed by atoms with Crippen molar-refractivity contribution in [2.24, 2.45) is 5.92 Å². The highest BCUT2D eigenvalue weighted by molar-refractivity contribution is 5.94. The third-order valence-corrected chi connectivity index (χ3v) is 5.31. The van der Waals surface area contributed by atoms with Gasteiger partial charge >= 0.3 is 0 Å². The van der Waals surface area contributed by atoms with E-state index in [0.717, 1.165) is 35.4 Å². The Kier molecular flexibility index (Phi) is 5.10. The van der Waals surface area contributed by atoms with Crippen molar-refractivity contribution in [1.29, 1.82) is 5.41 Å². The topological polar surface area (TPSA) is 105 Å². The Morgan fingerprint density at radius 1 is 1.16 bits per heavy atom. The standard InChI is InChI=1S/C24H22N6O2/c1-15(25)20-12-5-16(13-26-20)14-32-19-10-8-17(9-11-19)21-3-2-4-22-27-24(29-30(21)22)28-23(31)18-6-7-18/h2-5,8-13,18,25H,6-7,14H2,1H3,(H,28,29,31). The molecule has 0 radical (unpaired) electrons. The highest BCUT2D eigenvalue weighted by Gasteiger charge is 2.30. The normalized spacial score (nSPS) is 13.2. The van der Waals surface area contributed by atoms with Gasteiger partial charge in [-0.05, 0) is 62.2 Å². The van der Waals surface area contributed by atoms with E-state index < -0.39 is 0 Å². The molecule has 1 saturated carbocycles. The summed E-state index contributed by atoms with van der Waals surface area (Å²) in [4.78, 5) is 20.7. The van der Waals surface area contributed by atoms with Crippen LogP contribution in [0.5, 0.6) is 5.75 Å². The van der Waals surface area contributed by atoms with Crippen LogP contribution < -0.4 is 10.1 Å². The molecule has 0 saturated heterocycles. The number of carbonyl (C=O) groups excluding carboxylic acids is 1. The number of anilines is 1. The van der Waals surface area contributed by atoms with E-state index >= 15 is 0 Å². The molecular formula is C24H22N6O2. The van der Waals surface area contributed by atoms with Gasteiger partial charge in [-0.25, -0.2) is 4.52 Å². The summed E-state index contributed by atoms with van der Waals surface area (Å²) < 4.78 is 7.60. The van der Waals surface area contributed by atoms with E-state index in [-0.39, 0.29) is 11.8 Å². The molecule has 3 heterocycles. The molecule has 0 atom stereocenters. The zero-order valence-electron chi connectivity index (χ0n) is 17.6. The average Bonchev–Trinajstić information content (AvgIpc) is 3.58. The molecule has 0 aliphatic heterocycles. The molecule has 160 valence electrons. The Balaban J connectivity index is 1.30. The zero-order chi connectivity index (χ0) is 22.1. The number of nitrogens with zero attached hydrogens (tertiary/aromatic N) is 4. The molecule has 1 aliphatic rings. The summed E-state index contributed by atoms with van der Waals surface area (Å²) >= 11 is 0. The lowest BCUT2D eigenvalue weighted by molar-refractivity contribution is -0.117. The van der Waals surface area contributed by atoms with Crippen molar-refractivity contribution in [2.75, 3.05) is 5.32 Å². The van der Waals surface area contributed by atoms with Crippen molar-refractivity contribution in [2.45, 2.75) is 26.4 Å². The van der Waals surface area contributed by atoms with Crippen LogP contribution in [0.15, 0.2) is 60.8 Å². The van der Waals surface area contributed by atoms with Gasteiger partial charge in [-0.1, -0.05) is 12.1 Å². The van der Waals surface area contributed by atoms with E-state index in [2.05, 4.69) is 20.4 Å². The van der Waals surface area contributed by atoms with Gasteiger partial charge in [0.05, 0.1) is 17.1 Å². The Labute approximate surface area is 184 Å². The molecule has 32 heavy (non-hydrogen) atoms. The lowest BCUT2D eigenvalue weighted by atomic mass is 10.1. The number of ether oxygens (including phenoxy) is 1. The Bertz CT molecular complexity index is 1290. The first kappa shape index (κ1) is 19.9. The molecule has 8 heteroatoms. The van der Waals surface area contributed by atoms with Crippen LogP contribution in [0.25, 0.3) is 16.9 Å². The highest BCUT2D eigenvalue weighted by atomic mass is 16.5. The highest BCUT2D eigenvalue weighted by Crippen LogP contribution is 2.30. The summed E-state index contributed by atoms with van der Waals surface area (Å²) in [5.41, 5.74) is 4.54.